The molecule has 4 atom stereocenters. The molecule has 0 fully saturated rings. The van der Waals surface area contributed by atoms with Crippen molar-refractivity contribution >= 4 is 5.97 Å². The van der Waals surface area contributed by atoms with Crippen molar-refractivity contribution in [2.75, 3.05) is 6.61 Å². The summed E-state index contributed by atoms with van der Waals surface area (Å²) in [6, 6.07) is 0. The predicted molar refractivity (Wildman–Crippen MR) is 36.1 cm³/mol. The van der Waals surface area contributed by atoms with Gasteiger partial charge in [-0.05, 0) is 0 Å². The topological polar surface area (TPSA) is 141 Å². The number of rotatable bonds is 5. The van der Waals surface area contributed by atoms with Crippen LogP contribution in [0.25, 0.3) is 0 Å². The smallest absolute Gasteiger partial charge is 0.547 e. The number of hydrogen-bond donors (Lipinski definition) is 5. The molecule has 1 radical (unpaired) electrons. The van der Waals surface area contributed by atoms with Crippen molar-refractivity contribution in [3.63, 3.8) is 0 Å². The van der Waals surface area contributed by atoms with Gasteiger partial charge in [-0.1, -0.05) is 0 Å². The van der Waals surface area contributed by atoms with E-state index in [1.165, 1.54) is 0 Å². The Labute approximate surface area is 107 Å². The maximum Gasteiger partial charge on any atom is 1.00 e. The van der Waals surface area contributed by atoms with Crippen molar-refractivity contribution < 1.29 is 69.6 Å². The standard InChI is InChI=1S/C6H12O7.2Cu/c7-1-2(8)3(9)4(10)5(11)6(12)13;;/h2-5,7-11H,1H2,(H,12,13);;/q;;+1/p-1. The summed E-state index contributed by atoms with van der Waals surface area (Å²) >= 11 is 0. The number of aliphatic hydroxyl groups is 5. The van der Waals surface area contributed by atoms with Gasteiger partial charge < -0.3 is 35.4 Å². The van der Waals surface area contributed by atoms with E-state index < -0.39 is 37.0 Å². The van der Waals surface area contributed by atoms with Gasteiger partial charge in [-0.3, -0.25) is 0 Å². The van der Waals surface area contributed by atoms with Gasteiger partial charge in [0.05, 0.1) is 12.6 Å². The molecule has 0 saturated carbocycles. The SMILES string of the molecule is O=C([O-])C(O)C(O)C(O)C(O)CO.[Cu+].[Cu]. The van der Waals surface area contributed by atoms with Crippen LogP contribution in [0, 0.1) is 0 Å². The first-order valence-corrected chi connectivity index (χ1v) is 3.45. The van der Waals surface area contributed by atoms with E-state index in [0.29, 0.717) is 0 Å². The predicted octanol–water partition coefficient (Wildman–Crippen LogP) is -4.83. The molecule has 7 nitrogen and oxygen atoms in total. The molecule has 0 aromatic rings. The summed E-state index contributed by atoms with van der Waals surface area (Å²) in [4.78, 5) is 9.98. The Bertz CT molecular complexity index is 179. The fourth-order valence-electron chi connectivity index (χ4n) is 0.662. The zero-order chi connectivity index (χ0) is 10.6. The Morgan fingerprint density at radius 1 is 1.13 bits per heavy atom. The fourth-order valence-corrected chi connectivity index (χ4v) is 0.662. The van der Waals surface area contributed by atoms with Gasteiger partial charge in [0.15, 0.2) is 0 Å². The maximum atomic E-state index is 9.98. The molecule has 0 saturated heterocycles. The second kappa shape index (κ2) is 9.53. The van der Waals surface area contributed by atoms with E-state index in [1.54, 1.807) is 0 Å². The normalized spacial score (nSPS) is 17.7. The molecule has 0 aliphatic rings. The van der Waals surface area contributed by atoms with Gasteiger partial charge in [0.25, 0.3) is 0 Å². The van der Waals surface area contributed by atoms with Crippen LogP contribution in [0.5, 0.6) is 0 Å². The van der Waals surface area contributed by atoms with Crippen LogP contribution >= 0.6 is 0 Å². The monoisotopic (exact) mass is 321 g/mol. The third-order valence-electron chi connectivity index (χ3n) is 1.50. The molecule has 9 heteroatoms. The second-order valence-corrected chi connectivity index (χ2v) is 2.49. The van der Waals surface area contributed by atoms with Gasteiger partial charge in [-0.25, -0.2) is 0 Å². The number of aliphatic hydroxyl groups excluding tert-OH is 5. The molecule has 0 aromatic carbocycles. The zero-order valence-electron chi connectivity index (χ0n) is 7.17. The molecular weight excluding hydrogens is 311 g/mol. The number of aliphatic carboxylic acids is 1. The summed E-state index contributed by atoms with van der Waals surface area (Å²) in [6.45, 7) is -0.863. The summed E-state index contributed by atoms with van der Waals surface area (Å²) < 4.78 is 0. The molecule has 0 rings (SSSR count). The van der Waals surface area contributed by atoms with Crippen LogP contribution in [0.2, 0.25) is 0 Å². The molecule has 5 N–H and O–H groups in total. The third kappa shape index (κ3) is 6.47. The summed E-state index contributed by atoms with van der Waals surface area (Å²) in [5.41, 5.74) is 0. The molecular formula is C6H11Cu2O7. The van der Waals surface area contributed by atoms with Crippen LogP contribution in [-0.2, 0) is 38.9 Å². The minimum atomic E-state index is -2.31. The number of carboxylic acids is 1. The molecule has 0 bridgehead atoms. The molecule has 4 unspecified atom stereocenters. The maximum absolute atomic E-state index is 9.98. The molecule has 99 valence electrons. The Balaban J connectivity index is -0.000000720. The summed E-state index contributed by atoms with van der Waals surface area (Å²) in [5.74, 6) is -1.98. The minimum absolute atomic E-state index is 0. The number of hydrogen-bond acceptors (Lipinski definition) is 7. The summed E-state index contributed by atoms with van der Waals surface area (Å²) in [6.07, 6.45) is -8.08. The van der Waals surface area contributed by atoms with Gasteiger partial charge in [0.2, 0.25) is 0 Å². The average molecular weight is 322 g/mol. The molecule has 0 spiro atoms. The Kier molecular flexibility index (Phi) is 13.1. The molecule has 0 heterocycles. The average Bonchev–Trinajstić information content (AvgIpc) is 2.12. The zero-order valence-corrected chi connectivity index (χ0v) is 9.06. The van der Waals surface area contributed by atoms with E-state index in [4.69, 9.17) is 25.5 Å². The van der Waals surface area contributed by atoms with Gasteiger partial charge in [0.1, 0.15) is 24.4 Å². The largest absolute Gasteiger partial charge is 1.00 e. The van der Waals surface area contributed by atoms with Gasteiger partial charge in [-0.15, -0.1) is 0 Å². The molecule has 0 amide bonds. The molecule has 15 heavy (non-hydrogen) atoms. The quantitative estimate of drug-likeness (QED) is 0.320. The first-order chi connectivity index (χ1) is 5.91. The first-order valence-electron chi connectivity index (χ1n) is 3.45. The Morgan fingerprint density at radius 2 is 1.53 bits per heavy atom. The third-order valence-corrected chi connectivity index (χ3v) is 1.50. The van der Waals surface area contributed by atoms with E-state index in [1.807, 2.05) is 0 Å². The fraction of sp³-hybridized carbons (Fsp3) is 0.833. The van der Waals surface area contributed by atoms with Crippen LogP contribution in [0.1, 0.15) is 0 Å². The first kappa shape index (κ1) is 20.7. The molecule has 0 aromatic heterocycles. The summed E-state index contributed by atoms with van der Waals surface area (Å²) in [5, 5.41) is 53.4. The van der Waals surface area contributed by atoms with Crippen molar-refractivity contribution in [3.05, 3.63) is 0 Å². The van der Waals surface area contributed by atoms with Gasteiger partial charge in [0, 0.05) is 17.1 Å². The Hall–Kier alpha value is 0.309. The van der Waals surface area contributed by atoms with Gasteiger partial charge >= 0.3 is 17.1 Å². The number of carbonyl (C=O) groups excluding carboxylic acids is 1. The minimum Gasteiger partial charge on any atom is -0.547 e. The van der Waals surface area contributed by atoms with E-state index in [2.05, 4.69) is 0 Å². The van der Waals surface area contributed by atoms with Crippen LogP contribution in [0.4, 0.5) is 0 Å². The molecule has 0 aliphatic heterocycles. The van der Waals surface area contributed by atoms with Crippen LogP contribution in [0.3, 0.4) is 0 Å². The summed E-state index contributed by atoms with van der Waals surface area (Å²) in [7, 11) is 0. The van der Waals surface area contributed by atoms with Crippen molar-refractivity contribution in [2.45, 2.75) is 24.4 Å². The number of carboxylic acid groups (broad SMARTS) is 1. The van der Waals surface area contributed by atoms with E-state index in [0.717, 1.165) is 0 Å². The van der Waals surface area contributed by atoms with Crippen molar-refractivity contribution in [1.29, 1.82) is 0 Å². The van der Waals surface area contributed by atoms with Crippen molar-refractivity contribution in [1.82, 2.24) is 0 Å². The Morgan fingerprint density at radius 3 is 1.80 bits per heavy atom. The number of carbonyl (C=O) groups is 1. The van der Waals surface area contributed by atoms with Crippen molar-refractivity contribution in [2.24, 2.45) is 0 Å². The van der Waals surface area contributed by atoms with E-state index in [9.17, 15) is 9.90 Å². The second-order valence-electron chi connectivity index (χ2n) is 2.49. The van der Waals surface area contributed by atoms with Crippen LogP contribution in [-0.4, -0.2) is 62.5 Å². The van der Waals surface area contributed by atoms with Crippen LogP contribution < -0.4 is 5.11 Å². The van der Waals surface area contributed by atoms with Crippen LogP contribution in [0.15, 0.2) is 0 Å². The van der Waals surface area contributed by atoms with E-state index in [-0.39, 0.29) is 34.1 Å². The van der Waals surface area contributed by atoms with Crippen molar-refractivity contribution in [3.8, 4) is 0 Å². The van der Waals surface area contributed by atoms with Gasteiger partial charge in [-0.2, -0.15) is 0 Å². The van der Waals surface area contributed by atoms with E-state index >= 15 is 0 Å². The molecule has 0 aliphatic carbocycles.